The van der Waals surface area contributed by atoms with Crippen LogP contribution in [-0.2, 0) is 9.53 Å². The van der Waals surface area contributed by atoms with Gasteiger partial charge >= 0.3 is 5.97 Å². The van der Waals surface area contributed by atoms with Gasteiger partial charge in [-0.2, -0.15) is 0 Å². The summed E-state index contributed by atoms with van der Waals surface area (Å²) in [5.74, 6) is 1.03. The molecular formula is C12H14O3. The Morgan fingerprint density at radius 3 is 2.73 bits per heavy atom. The Balaban J connectivity index is 2.16. The maximum absolute atomic E-state index is 11.3. The van der Waals surface area contributed by atoms with Crippen LogP contribution in [0.5, 0.6) is 5.75 Å². The van der Waals surface area contributed by atoms with E-state index in [0.717, 1.165) is 17.7 Å². The summed E-state index contributed by atoms with van der Waals surface area (Å²) in [5, 5.41) is 0. The second kappa shape index (κ2) is 3.93. The van der Waals surface area contributed by atoms with E-state index < -0.39 is 0 Å². The molecule has 1 aromatic carbocycles. The van der Waals surface area contributed by atoms with Crippen molar-refractivity contribution in [3.8, 4) is 5.75 Å². The number of rotatable bonds is 3. The largest absolute Gasteiger partial charge is 0.496 e. The Hall–Kier alpha value is -1.51. The van der Waals surface area contributed by atoms with E-state index >= 15 is 0 Å². The van der Waals surface area contributed by atoms with Crippen LogP contribution in [0.25, 0.3) is 0 Å². The monoisotopic (exact) mass is 206 g/mol. The quantitative estimate of drug-likeness (QED) is 0.709. The Morgan fingerprint density at radius 2 is 2.07 bits per heavy atom. The molecular weight excluding hydrogens is 192 g/mol. The minimum Gasteiger partial charge on any atom is -0.496 e. The molecule has 0 bridgehead atoms. The summed E-state index contributed by atoms with van der Waals surface area (Å²) in [6.45, 7) is 0. The van der Waals surface area contributed by atoms with E-state index in [1.807, 2.05) is 24.3 Å². The molecule has 0 heterocycles. The minimum atomic E-state index is -0.120. The number of hydrogen-bond acceptors (Lipinski definition) is 3. The molecule has 0 spiro atoms. The number of ether oxygens (including phenoxy) is 2. The Kier molecular flexibility index (Phi) is 2.62. The molecule has 2 rings (SSSR count). The van der Waals surface area contributed by atoms with Crippen LogP contribution >= 0.6 is 0 Å². The summed E-state index contributed by atoms with van der Waals surface area (Å²) in [6, 6.07) is 7.82. The molecule has 0 radical (unpaired) electrons. The molecule has 80 valence electrons. The van der Waals surface area contributed by atoms with E-state index in [4.69, 9.17) is 9.47 Å². The smallest absolute Gasteiger partial charge is 0.309 e. The SMILES string of the molecule is COC(=O)[C@H]1C[C@@H]1c1ccccc1OC. The maximum atomic E-state index is 11.3. The standard InChI is InChI=1S/C12H14O3/c1-14-11-6-4-3-5-8(11)9-7-10(9)12(13)15-2/h3-6,9-10H,7H2,1-2H3/t9-,10+/m1/s1. The first-order valence-electron chi connectivity index (χ1n) is 4.98. The number of carbonyl (C=O) groups excluding carboxylic acids is 1. The molecule has 1 aromatic rings. The third-order valence-electron chi connectivity index (χ3n) is 2.83. The van der Waals surface area contributed by atoms with Gasteiger partial charge in [-0.05, 0) is 18.1 Å². The van der Waals surface area contributed by atoms with Crippen molar-refractivity contribution in [1.29, 1.82) is 0 Å². The van der Waals surface area contributed by atoms with Crippen LogP contribution in [-0.4, -0.2) is 20.2 Å². The number of hydrogen-bond donors (Lipinski definition) is 0. The van der Waals surface area contributed by atoms with Gasteiger partial charge in [-0.1, -0.05) is 18.2 Å². The lowest BCUT2D eigenvalue weighted by Crippen LogP contribution is -2.04. The topological polar surface area (TPSA) is 35.5 Å². The summed E-state index contributed by atoms with van der Waals surface area (Å²) in [7, 11) is 3.08. The van der Waals surface area contributed by atoms with Crippen LogP contribution in [0.15, 0.2) is 24.3 Å². The van der Waals surface area contributed by atoms with Gasteiger partial charge in [-0.25, -0.2) is 0 Å². The van der Waals surface area contributed by atoms with E-state index in [0.29, 0.717) is 0 Å². The summed E-state index contributed by atoms with van der Waals surface area (Å²) in [5.41, 5.74) is 1.11. The number of benzene rings is 1. The lowest BCUT2D eigenvalue weighted by atomic mass is 10.1. The average molecular weight is 206 g/mol. The first kappa shape index (κ1) is 10.0. The van der Waals surface area contributed by atoms with Gasteiger partial charge in [0.15, 0.2) is 0 Å². The van der Waals surface area contributed by atoms with Gasteiger partial charge < -0.3 is 9.47 Å². The van der Waals surface area contributed by atoms with Crippen molar-refractivity contribution in [3.05, 3.63) is 29.8 Å². The number of esters is 1. The van der Waals surface area contributed by atoms with Gasteiger partial charge in [0.1, 0.15) is 5.75 Å². The molecule has 0 aliphatic heterocycles. The molecule has 15 heavy (non-hydrogen) atoms. The lowest BCUT2D eigenvalue weighted by molar-refractivity contribution is -0.142. The molecule has 0 unspecified atom stereocenters. The van der Waals surface area contributed by atoms with Crippen LogP contribution < -0.4 is 4.74 Å². The van der Waals surface area contributed by atoms with Crippen molar-refractivity contribution in [3.63, 3.8) is 0 Å². The van der Waals surface area contributed by atoms with Crippen molar-refractivity contribution in [2.24, 2.45) is 5.92 Å². The van der Waals surface area contributed by atoms with Crippen LogP contribution in [0, 0.1) is 5.92 Å². The highest BCUT2D eigenvalue weighted by Crippen LogP contribution is 2.50. The Labute approximate surface area is 89.0 Å². The van der Waals surface area contributed by atoms with Crippen molar-refractivity contribution >= 4 is 5.97 Å². The molecule has 0 saturated heterocycles. The fourth-order valence-corrected chi connectivity index (χ4v) is 1.92. The van der Waals surface area contributed by atoms with Crippen molar-refractivity contribution < 1.29 is 14.3 Å². The first-order valence-corrected chi connectivity index (χ1v) is 4.98. The van der Waals surface area contributed by atoms with Crippen molar-refractivity contribution in [2.45, 2.75) is 12.3 Å². The number of carbonyl (C=O) groups is 1. The van der Waals surface area contributed by atoms with Gasteiger partial charge in [0.25, 0.3) is 0 Å². The maximum Gasteiger partial charge on any atom is 0.309 e. The predicted octanol–water partition coefficient (Wildman–Crippen LogP) is 1.97. The molecule has 3 nitrogen and oxygen atoms in total. The third-order valence-corrected chi connectivity index (χ3v) is 2.83. The second-order valence-electron chi connectivity index (χ2n) is 3.71. The van der Waals surface area contributed by atoms with E-state index in [1.54, 1.807) is 7.11 Å². The molecule has 0 aromatic heterocycles. The van der Waals surface area contributed by atoms with Gasteiger partial charge in [0.2, 0.25) is 0 Å². The summed E-state index contributed by atoms with van der Waals surface area (Å²) in [6.07, 6.45) is 0.868. The summed E-state index contributed by atoms with van der Waals surface area (Å²) < 4.78 is 9.98. The van der Waals surface area contributed by atoms with E-state index in [9.17, 15) is 4.79 Å². The number of methoxy groups -OCH3 is 2. The van der Waals surface area contributed by atoms with Crippen molar-refractivity contribution in [1.82, 2.24) is 0 Å². The predicted molar refractivity (Wildman–Crippen MR) is 55.9 cm³/mol. The van der Waals surface area contributed by atoms with Gasteiger partial charge in [0, 0.05) is 5.92 Å². The van der Waals surface area contributed by atoms with Crippen LogP contribution in [0.1, 0.15) is 17.9 Å². The fraction of sp³-hybridized carbons (Fsp3) is 0.417. The molecule has 0 N–H and O–H groups in total. The zero-order valence-electron chi connectivity index (χ0n) is 8.90. The molecule has 0 amide bonds. The van der Waals surface area contributed by atoms with E-state index in [1.165, 1.54) is 7.11 Å². The summed E-state index contributed by atoms with van der Waals surface area (Å²) >= 11 is 0. The van der Waals surface area contributed by atoms with Gasteiger partial charge in [-0.15, -0.1) is 0 Å². The minimum absolute atomic E-state index is 0.0197. The lowest BCUT2D eigenvalue weighted by Gasteiger charge is -2.06. The van der Waals surface area contributed by atoms with Crippen LogP contribution in [0.4, 0.5) is 0 Å². The van der Waals surface area contributed by atoms with Gasteiger partial charge in [-0.3, -0.25) is 4.79 Å². The van der Waals surface area contributed by atoms with Crippen molar-refractivity contribution in [2.75, 3.05) is 14.2 Å². The molecule has 3 heteroatoms. The van der Waals surface area contributed by atoms with Crippen LogP contribution in [0.2, 0.25) is 0 Å². The van der Waals surface area contributed by atoms with E-state index in [2.05, 4.69) is 0 Å². The summed E-state index contributed by atoms with van der Waals surface area (Å²) in [4.78, 5) is 11.3. The molecule has 1 saturated carbocycles. The highest BCUT2D eigenvalue weighted by molar-refractivity contribution is 5.77. The van der Waals surface area contributed by atoms with E-state index in [-0.39, 0.29) is 17.8 Å². The Morgan fingerprint density at radius 1 is 1.33 bits per heavy atom. The normalized spacial score (nSPS) is 23.3. The molecule has 1 aliphatic carbocycles. The zero-order chi connectivity index (χ0) is 10.8. The number of para-hydroxylation sites is 1. The van der Waals surface area contributed by atoms with Gasteiger partial charge in [0.05, 0.1) is 20.1 Å². The second-order valence-corrected chi connectivity index (χ2v) is 3.71. The highest BCUT2D eigenvalue weighted by Gasteiger charge is 2.46. The molecule has 2 atom stereocenters. The Bertz CT molecular complexity index is 373. The third kappa shape index (κ3) is 1.82. The molecule has 1 aliphatic rings. The average Bonchev–Trinajstić information content (AvgIpc) is 3.08. The first-order chi connectivity index (χ1) is 7.27. The molecule has 1 fully saturated rings. The zero-order valence-corrected chi connectivity index (χ0v) is 8.90. The fourth-order valence-electron chi connectivity index (χ4n) is 1.92. The van der Waals surface area contributed by atoms with Crippen LogP contribution in [0.3, 0.4) is 0 Å². The highest BCUT2D eigenvalue weighted by atomic mass is 16.5.